The second-order valence-electron chi connectivity index (χ2n) is 7.09. The maximum atomic E-state index is 12.9. The molecular formula is C21H22N2O3. The predicted octanol–water partition coefficient (Wildman–Crippen LogP) is 4.15. The van der Waals surface area contributed by atoms with Crippen molar-refractivity contribution in [2.75, 3.05) is 0 Å². The number of benzene rings is 2. The lowest BCUT2D eigenvalue weighted by Gasteiger charge is -2.19. The Bertz CT molecular complexity index is 948. The minimum atomic E-state index is -0.688. The van der Waals surface area contributed by atoms with Crippen LogP contribution in [0.5, 0.6) is 0 Å². The van der Waals surface area contributed by atoms with E-state index in [1.165, 1.54) is 4.57 Å². The molecule has 1 aromatic heterocycles. The van der Waals surface area contributed by atoms with Crippen molar-refractivity contribution in [2.45, 2.75) is 32.9 Å². The fourth-order valence-corrected chi connectivity index (χ4v) is 2.68. The van der Waals surface area contributed by atoms with Gasteiger partial charge in [0, 0.05) is 11.8 Å². The lowest BCUT2D eigenvalue weighted by atomic mass is 10.1. The fraction of sp³-hybridized carbons (Fsp3) is 0.238. The van der Waals surface area contributed by atoms with Crippen LogP contribution in [-0.2, 0) is 11.3 Å². The topological polar surface area (TPSA) is 53.2 Å². The van der Waals surface area contributed by atoms with E-state index in [1.807, 2.05) is 60.7 Å². The zero-order valence-electron chi connectivity index (χ0n) is 15.2. The summed E-state index contributed by atoms with van der Waals surface area (Å²) in [6, 6.07) is 19.0. The van der Waals surface area contributed by atoms with E-state index < -0.39 is 17.4 Å². The SMILES string of the molecule is CC(C)(C)OC(=O)n1c(-c2ccccc2)cn(Cc2ccccc2)c1=O. The van der Waals surface area contributed by atoms with Crippen LogP contribution in [0.2, 0.25) is 0 Å². The summed E-state index contributed by atoms with van der Waals surface area (Å²) in [5.74, 6) is 0. The molecule has 0 atom stereocenters. The third-order valence-corrected chi connectivity index (χ3v) is 3.80. The van der Waals surface area contributed by atoms with Crippen LogP contribution in [0.3, 0.4) is 0 Å². The summed E-state index contributed by atoms with van der Waals surface area (Å²) in [6.45, 7) is 5.71. The summed E-state index contributed by atoms with van der Waals surface area (Å²) in [4.78, 5) is 25.6. The number of hydrogen-bond acceptors (Lipinski definition) is 3. The smallest absolute Gasteiger partial charge is 0.423 e. The van der Waals surface area contributed by atoms with Crippen LogP contribution in [0, 0.1) is 0 Å². The largest absolute Gasteiger partial charge is 0.443 e. The van der Waals surface area contributed by atoms with Crippen molar-refractivity contribution < 1.29 is 9.53 Å². The van der Waals surface area contributed by atoms with E-state index in [4.69, 9.17) is 4.74 Å². The summed E-state index contributed by atoms with van der Waals surface area (Å²) in [7, 11) is 0. The third-order valence-electron chi connectivity index (χ3n) is 3.80. The van der Waals surface area contributed by atoms with Crippen molar-refractivity contribution in [3.63, 3.8) is 0 Å². The van der Waals surface area contributed by atoms with Gasteiger partial charge in [-0.3, -0.25) is 4.57 Å². The van der Waals surface area contributed by atoms with E-state index >= 15 is 0 Å². The van der Waals surface area contributed by atoms with Gasteiger partial charge in [-0.05, 0) is 26.3 Å². The number of carbonyl (C=O) groups is 1. The molecule has 0 N–H and O–H groups in total. The van der Waals surface area contributed by atoms with Crippen molar-refractivity contribution >= 4 is 6.09 Å². The van der Waals surface area contributed by atoms with Gasteiger partial charge >= 0.3 is 11.8 Å². The molecular weight excluding hydrogens is 328 g/mol. The van der Waals surface area contributed by atoms with E-state index in [2.05, 4.69) is 0 Å². The number of hydrogen-bond donors (Lipinski definition) is 0. The molecule has 3 aromatic rings. The Morgan fingerprint density at radius 3 is 2.12 bits per heavy atom. The van der Waals surface area contributed by atoms with E-state index in [-0.39, 0.29) is 0 Å². The first-order valence-electron chi connectivity index (χ1n) is 8.50. The lowest BCUT2D eigenvalue weighted by Crippen LogP contribution is -2.35. The van der Waals surface area contributed by atoms with Crippen LogP contribution in [0.4, 0.5) is 4.79 Å². The summed E-state index contributed by atoms with van der Waals surface area (Å²) >= 11 is 0. The molecule has 0 bridgehead atoms. The molecule has 0 aliphatic rings. The minimum Gasteiger partial charge on any atom is -0.443 e. The number of rotatable bonds is 3. The maximum absolute atomic E-state index is 12.9. The van der Waals surface area contributed by atoms with Crippen molar-refractivity contribution in [3.8, 4) is 11.3 Å². The van der Waals surface area contributed by atoms with E-state index in [0.717, 1.165) is 15.7 Å². The highest BCUT2D eigenvalue weighted by Crippen LogP contribution is 2.20. The van der Waals surface area contributed by atoms with Gasteiger partial charge in [-0.1, -0.05) is 60.7 Å². The second-order valence-corrected chi connectivity index (χ2v) is 7.09. The highest BCUT2D eigenvalue weighted by atomic mass is 16.6. The van der Waals surface area contributed by atoms with Crippen LogP contribution in [0.1, 0.15) is 26.3 Å². The molecule has 0 saturated carbocycles. The maximum Gasteiger partial charge on any atom is 0.423 e. The molecule has 5 heteroatoms. The van der Waals surface area contributed by atoms with Gasteiger partial charge in [-0.2, -0.15) is 4.57 Å². The standard InChI is InChI=1S/C21H22N2O3/c1-21(2,3)26-20(25)23-18(17-12-8-5-9-13-17)15-22(19(23)24)14-16-10-6-4-7-11-16/h4-13,15H,14H2,1-3H3. The molecule has 1 heterocycles. The van der Waals surface area contributed by atoms with Crippen molar-refractivity contribution in [3.05, 3.63) is 82.9 Å². The number of ether oxygens (including phenoxy) is 1. The van der Waals surface area contributed by atoms with E-state index in [9.17, 15) is 9.59 Å². The number of aromatic nitrogens is 2. The summed E-state index contributed by atoms with van der Waals surface area (Å²) in [6.07, 6.45) is 1.03. The van der Waals surface area contributed by atoms with Gasteiger partial charge in [-0.25, -0.2) is 9.59 Å². The predicted molar refractivity (Wildman–Crippen MR) is 101 cm³/mol. The van der Waals surface area contributed by atoms with Gasteiger partial charge < -0.3 is 4.74 Å². The van der Waals surface area contributed by atoms with Gasteiger partial charge in [0.1, 0.15) is 5.60 Å². The monoisotopic (exact) mass is 350 g/mol. The first-order valence-corrected chi connectivity index (χ1v) is 8.50. The van der Waals surface area contributed by atoms with Crippen molar-refractivity contribution in [2.24, 2.45) is 0 Å². The number of carbonyl (C=O) groups excluding carboxylic acids is 1. The average molecular weight is 350 g/mol. The van der Waals surface area contributed by atoms with Gasteiger partial charge in [0.2, 0.25) is 0 Å². The molecule has 0 aliphatic carbocycles. The molecule has 134 valence electrons. The zero-order chi connectivity index (χ0) is 18.7. The highest BCUT2D eigenvalue weighted by Gasteiger charge is 2.24. The van der Waals surface area contributed by atoms with Gasteiger partial charge in [0.15, 0.2) is 0 Å². The number of imidazole rings is 1. The molecule has 0 saturated heterocycles. The van der Waals surface area contributed by atoms with Gasteiger partial charge in [0.25, 0.3) is 0 Å². The molecule has 3 rings (SSSR count). The molecule has 26 heavy (non-hydrogen) atoms. The molecule has 0 unspecified atom stereocenters. The molecule has 0 aliphatic heterocycles. The Morgan fingerprint density at radius 1 is 0.962 bits per heavy atom. The van der Waals surface area contributed by atoms with Crippen LogP contribution in [-0.4, -0.2) is 20.8 Å². The van der Waals surface area contributed by atoms with E-state index in [1.54, 1.807) is 27.0 Å². The molecule has 5 nitrogen and oxygen atoms in total. The van der Waals surface area contributed by atoms with Crippen LogP contribution in [0.25, 0.3) is 11.3 Å². The first kappa shape index (κ1) is 17.7. The fourth-order valence-electron chi connectivity index (χ4n) is 2.68. The zero-order valence-corrected chi connectivity index (χ0v) is 15.2. The summed E-state index contributed by atoms with van der Waals surface area (Å²) < 4.78 is 8.07. The summed E-state index contributed by atoms with van der Waals surface area (Å²) in [5, 5.41) is 0. The molecule has 0 radical (unpaired) electrons. The lowest BCUT2D eigenvalue weighted by molar-refractivity contribution is 0.0533. The normalized spacial score (nSPS) is 11.3. The Morgan fingerprint density at radius 2 is 1.54 bits per heavy atom. The Kier molecular flexibility index (Phi) is 4.80. The molecule has 2 aromatic carbocycles. The van der Waals surface area contributed by atoms with Gasteiger partial charge in [0.05, 0.1) is 12.2 Å². The van der Waals surface area contributed by atoms with Crippen molar-refractivity contribution in [1.82, 2.24) is 9.13 Å². The average Bonchev–Trinajstić information content (AvgIpc) is 2.92. The first-order chi connectivity index (χ1) is 12.3. The summed E-state index contributed by atoms with van der Waals surface area (Å²) in [5.41, 5.74) is 1.17. The highest BCUT2D eigenvalue weighted by molar-refractivity contribution is 5.78. The Labute approximate surface area is 152 Å². The van der Waals surface area contributed by atoms with Crippen LogP contribution < -0.4 is 5.69 Å². The minimum absolute atomic E-state index is 0.384. The second kappa shape index (κ2) is 7.04. The third kappa shape index (κ3) is 3.94. The molecule has 0 amide bonds. The van der Waals surface area contributed by atoms with E-state index in [0.29, 0.717) is 12.2 Å². The molecule has 0 fully saturated rings. The Hall–Kier alpha value is -3.08. The van der Waals surface area contributed by atoms with Crippen molar-refractivity contribution in [1.29, 1.82) is 0 Å². The van der Waals surface area contributed by atoms with Gasteiger partial charge in [-0.15, -0.1) is 0 Å². The van der Waals surface area contributed by atoms with Crippen LogP contribution in [0.15, 0.2) is 71.7 Å². The van der Waals surface area contributed by atoms with Crippen LogP contribution >= 0.6 is 0 Å². The quantitative estimate of drug-likeness (QED) is 0.713. The molecule has 0 spiro atoms. The number of nitrogens with zero attached hydrogens (tertiary/aromatic N) is 2. The Balaban J connectivity index is 2.08.